The molecule has 0 saturated carbocycles. The van der Waals surface area contributed by atoms with Crippen LogP contribution in [0.2, 0.25) is 0 Å². The molecule has 6 nitrogen and oxygen atoms in total. The van der Waals surface area contributed by atoms with Gasteiger partial charge in [-0.1, -0.05) is 19.4 Å². The molecule has 0 aliphatic heterocycles. The van der Waals surface area contributed by atoms with Gasteiger partial charge in [0.05, 0.1) is 11.6 Å². The Morgan fingerprint density at radius 3 is 2.68 bits per heavy atom. The summed E-state index contributed by atoms with van der Waals surface area (Å²) in [6.45, 7) is 2.35. The number of nitrogens with one attached hydrogen (secondary N) is 1. The maximum Gasteiger partial charge on any atom is 0.330 e. The lowest BCUT2D eigenvalue weighted by atomic mass is 10.1. The van der Waals surface area contributed by atoms with Crippen LogP contribution in [-0.2, 0) is 14.3 Å². The van der Waals surface area contributed by atoms with E-state index >= 15 is 0 Å². The van der Waals surface area contributed by atoms with Gasteiger partial charge in [-0.15, -0.1) is 0 Å². The van der Waals surface area contributed by atoms with Crippen LogP contribution in [0.25, 0.3) is 0 Å². The van der Waals surface area contributed by atoms with E-state index in [1.54, 1.807) is 18.2 Å². The summed E-state index contributed by atoms with van der Waals surface area (Å²) < 4.78 is 10.9. The molecule has 22 heavy (non-hydrogen) atoms. The normalized spacial score (nSPS) is 11.8. The summed E-state index contributed by atoms with van der Waals surface area (Å²) in [5, 5.41) is 11.7. The maximum atomic E-state index is 11.8. The first-order valence-corrected chi connectivity index (χ1v) is 7.72. The van der Waals surface area contributed by atoms with E-state index in [1.165, 1.54) is 7.11 Å². The molecule has 7 heteroatoms. The standard InChI is InChI=1S/C15H20BrNO5/c1-3-4-7-22-9-13(18)17-14(15(19)20)10-5-6-12(21-2)11(16)8-10/h5-6,8,14H,3-4,7,9H2,1-2H3,(H,17,18)(H,19,20). The summed E-state index contributed by atoms with van der Waals surface area (Å²) in [6, 6.07) is 3.71. The molecule has 1 atom stereocenters. The van der Waals surface area contributed by atoms with Gasteiger partial charge in [0.1, 0.15) is 12.4 Å². The van der Waals surface area contributed by atoms with Crippen molar-refractivity contribution in [3.05, 3.63) is 28.2 Å². The summed E-state index contributed by atoms with van der Waals surface area (Å²) in [7, 11) is 1.52. The van der Waals surface area contributed by atoms with Gasteiger partial charge in [0.2, 0.25) is 5.91 Å². The van der Waals surface area contributed by atoms with Crippen molar-refractivity contribution in [3.8, 4) is 5.75 Å². The molecule has 1 aromatic carbocycles. The highest BCUT2D eigenvalue weighted by atomic mass is 79.9. The number of unbranched alkanes of at least 4 members (excludes halogenated alkanes) is 1. The molecule has 0 aliphatic rings. The van der Waals surface area contributed by atoms with Crippen LogP contribution in [-0.4, -0.2) is 37.3 Å². The van der Waals surface area contributed by atoms with Crippen LogP contribution in [0, 0.1) is 0 Å². The Balaban J connectivity index is 2.71. The number of methoxy groups -OCH3 is 1. The number of carbonyl (C=O) groups is 2. The number of hydrogen-bond acceptors (Lipinski definition) is 4. The second-order valence-electron chi connectivity index (χ2n) is 4.64. The molecule has 0 fully saturated rings. The molecule has 0 aromatic heterocycles. The van der Waals surface area contributed by atoms with Gasteiger partial charge in [-0.3, -0.25) is 4.79 Å². The number of halogens is 1. The van der Waals surface area contributed by atoms with Crippen LogP contribution in [0.15, 0.2) is 22.7 Å². The van der Waals surface area contributed by atoms with Crippen LogP contribution < -0.4 is 10.1 Å². The number of amides is 1. The van der Waals surface area contributed by atoms with E-state index in [0.29, 0.717) is 22.4 Å². The molecule has 0 saturated heterocycles. The van der Waals surface area contributed by atoms with E-state index in [-0.39, 0.29) is 6.61 Å². The Kier molecular flexibility index (Phi) is 7.90. The van der Waals surface area contributed by atoms with Crippen LogP contribution in [0.1, 0.15) is 31.4 Å². The third-order valence-electron chi connectivity index (χ3n) is 2.94. The SMILES string of the molecule is CCCCOCC(=O)NC(C(=O)O)c1ccc(OC)c(Br)c1. The summed E-state index contributed by atoms with van der Waals surface area (Å²) in [5.74, 6) is -1.02. The van der Waals surface area contributed by atoms with Gasteiger partial charge in [-0.2, -0.15) is 0 Å². The summed E-state index contributed by atoms with van der Waals surface area (Å²) in [5.41, 5.74) is 0.446. The molecule has 0 spiro atoms. The topological polar surface area (TPSA) is 84.9 Å². The van der Waals surface area contributed by atoms with Gasteiger partial charge in [0.15, 0.2) is 6.04 Å². The Hall–Kier alpha value is -1.60. The van der Waals surface area contributed by atoms with E-state index in [0.717, 1.165) is 12.8 Å². The fraction of sp³-hybridized carbons (Fsp3) is 0.467. The van der Waals surface area contributed by atoms with Crippen molar-refractivity contribution in [2.45, 2.75) is 25.8 Å². The molecule has 0 radical (unpaired) electrons. The third kappa shape index (κ3) is 5.65. The van der Waals surface area contributed by atoms with Gasteiger partial charge >= 0.3 is 5.97 Å². The second-order valence-corrected chi connectivity index (χ2v) is 5.49. The fourth-order valence-electron chi connectivity index (χ4n) is 1.76. The fourth-order valence-corrected chi connectivity index (χ4v) is 2.32. The molecule has 1 unspecified atom stereocenters. The first kappa shape index (κ1) is 18.4. The first-order chi connectivity index (χ1) is 10.5. The number of rotatable bonds is 9. The number of aliphatic carboxylic acids is 1. The smallest absolute Gasteiger partial charge is 0.330 e. The summed E-state index contributed by atoms with van der Waals surface area (Å²) in [4.78, 5) is 23.1. The quantitative estimate of drug-likeness (QED) is 0.649. The first-order valence-electron chi connectivity index (χ1n) is 6.93. The monoisotopic (exact) mass is 373 g/mol. The highest BCUT2D eigenvalue weighted by molar-refractivity contribution is 9.10. The average Bonchev–Trinajstić information content (AvgIpc) is 2.49. The van der Waals surface area contributed by atoms with Gasteiger partial charge < -0.3 is 19.9 Å². The van der Waals surface area contributed by atoms with Crippen LogP contribution in [0.3, 0.4) is 0 Å². The molecule has 1 aromatic rings. The van der Waals surface area contributed by atoms with Gasteiger partial charge in [0.25, 0.3) is 0 Å². The van der Waals surface area contributed by atoms with Crippen molar-refractivity contribution >= 4 is 27.8 Å². The maximum absolute atomic E-state index is 11.8. The predicted octanol–water partition coefficient (Wildman–Crippen LogP) is 2.52. The van der Waals surface area contributed by atoms with Crippen LogP contribution in [0.4, 0.5) is 0 Å². The Labute approximate surface area is 137 Å². The number of carboxylic acids is 1. The zero-order valence-electron chi connectivity index (χ0n) is 12.6. The molecule has 1 amide bonds. The molecular formula is C15H20BrNO5. The zero-order valence-corrected chi connectivity index (χ0v) is 14.2. The minimum atomic E-state index is -1.14. The van der Waals surface area contributed by atoms with Gasteiger partial charge in [-0.05, 0) is 40.0 Å². The number of carbonyl (C=O) groups excluding carboxylic acids is 1. The van der Waals surface area contributed by atoms with E-state index < -0.39 is 17.9 Å². The van der Waals surface area contributed by atoms with Gasteiger partial charge in [0, 0.05) is 6.61 Å². The zero-order chi connectivity index (χ0) is 16.5. The minimum Gasteiger partial charge on any atom is -0.496 e. The third-order valence-corrected chi connectivity index (χ3v) is 3.56. The highest BCUT2D eigenvalue weighted by Gasteiger charge is 2.22. The molecule has 0 aliphatic carbocycles. The van der Waals surface area contributed by atoms with E-state index in [2.05, 4.69) is 21.2 Å². The summed E-state index contributed by atoms with van der Waals surface area (Å²) in [6.07, 6.45) is 1.83. The Bertz CT molecular complexity index is 521. The van der Waals surface area contributed by atoms with Crippen LogP contribution >= 0.6 is 15.9 Å². The van der Waals surface area contributed by atoms with E-state index in [9.17, 15) is 14.7 Å². The Morgan fingerprint density at radius 2 is 2.14 bits per heavy atom. The largest absolute Gasteiger partial charge is 0.496 e. The lowest BCUT2D eigenvalue weighted by molar-refractivity contribution is -0.142. The van der Waals surface area contributed by atoms with Crippen molar-refractivity contribution in [3.63, 3.8) is 0 Å². The molecule has 1 rings (SSSR count). The molecule has 0 bridgehead atoms. The van der Waals surface area contributed by atoms with Crippen LogP contribution in [0.5, 0.6) is 5.75 Å². The second kappa shape index (κ2) is 9.42. The minimum absolute atomic E-state index is 0.152. The molecular weight excluding hydrogens is 354 g/mol. The van der Waals surface area contributed by atoms with Crippen molar-refractivity contribution in [2.75, 3.05) is 20.3 Å². The van der Waals surface area contributed by atoms with Crippen molar-refractivity contribution in [1.29, 1.82) is 0 Å². The molecule has 0 heterocycles. The van der Waals surface area contributed by atoms with Gasteiger partial charge in [-0.25, -0.2) is 4.79 Å². The number of carboxylic acid groups (broad SMARTS) is 1. The highest BCUT2D eigenvalue weighted by Crippen LogP contribution is 2.28. The number of ether oxygens (including phenoxy) is 2. The van der Waals surface area contributed by atoms with Crippen molar-refractivity contribution in [2.24, 2.45) is 0 Å². The Morgan fingerprint density at radius 1 is 1.41 bits per heavy atom. The van der Waals surface area contributed by atoms with E-state index in [1.807, 2.05) is 6.92 Å². The van der Waals surface area contributed by atoms with Crippen molar-refractivity contribution < 1.29 is 24.2 Å². The molecule has 122 valence electrons. The number of hydrogen-bond donors (Lipinski definition) is 2. The molecule has 2 N–H and O–H groups in total. The van der Waals surface area contributed by atoms with E-state index in [4.69, 9.17) is 9.47 Å². The summed E-state index contributed by atoms with van der Waals surface area (Å²) >= 11 is 3.29. The van der Waals surface area contributed by atoms with Crippen molar-refractivity contribution in [1.82, 2.24) is 5.32 Å². The lowest BCUT2D eigenvalue weighted by Crippen LogP contribution is -2.36. The predicted molar refractivity (Wildman–Crippen MR) is 84.9 cm³/mol. The lowest BCUT2D eigenvalue weighted by Gasteiger charge is -2.16. The average molecular weight is 374 g/mol. The number of benzene rings is 1.